The molecular weight excluding hydrogens is 808 g/mol. The summed E-state index contributed by atoms with van der Waals surface area (Å²) in [5.74, 6) is 0.715. The minimum absolute atomic E-state index is 0.00672. The third kappa shape index (κ3) is 6.51. The van der Waals surface area contributed by atoms with Gasteiger partial charge in [0.25, 0.3) is 11.8 Å². The summed E-state index contributed by atoms with van der Waals surface area (Å²) in [5, 5.41) is 18.3. The number of carbonyl (C=O) groups is 4. The SMILES string of the molecule is C#Cc1cccc2cc(O)cc(-c3ncc4c(N5C[C@H]6CC[C@@H](C5)N6)nc(OC[C@@]56CCCN5C(COc5ccc7c(c5)C(=O)N(C5CCC(=O)NC5=O)C7=O)CC6)nc4c3F)c12. The van der Waals surface area contributed by atoms with E-state index < -0.39 is 35.5 Å². The number of carbonyl (C=O) groups excluding carboxylic acids is 4. The lowest BCUT2D eigenvalue weighted by atomic mass is 9.95. The lowest BCUT2D eigenvalue weighted by Crippen LogP contribution is -2.54. The van der Waals surface area contributed by atoms with E-state index in [2.05, 4.69) is 31.3 Å². The smallest absolute Gasteiger partial charge is 0.319 e. The summed E-state index contributed by atoms with van der Waals surface area (Å²) in [4.78, 5) is 70.8. The molecule has 5 fully saturated rings. The predicted molar refractivity (Wildman–Crippen MR) is 228 cm³/mol. The van der Waals surface area contributed by atoms with E-state index in [1.807, 2.05) is 6.07 Å². The second kappa shape index (κ2) is 15.0. The first-order valence-corrected chi connectivity index (χ1v) is 21.6. The molecule has 2 unspecified atom stereocenters. The number of ether oxygens (including phenoxy) is 2. The Morgan fingerprint density at radius 2 is 1.76 bits per heavy atom. The van der Waals surface area contributed by atoms with Gasteiger partial charge in [-0.25, -0.2) is 4.39 Å². The number of piperidine rings is 1. The van der Waals surface area contributed by atoms with E-state index in [0.29, 0.717) is 58.5 Å². The number of imide groups is 2. The maximum atomic E-state index is 17.2. The van der Waals surface area contributed by atoms with Crippen LogP contribution in [0.3, 0.4) is 0 Å². The second-order valence-electron chi connectivity index (χ2n) is 17.6. The van der Waals surface area contributed by atoms with Crippen molar-refractivity contribution < 1.29 is 38.1 Å². The number of halogens is 1. The van der Waals surface area contributed by atoms with Crippen molar-refractivity contribution in [3.05, 3.63) is 77.2 Å². The van der Waals surface area contributed by atoms with Crippen molar-refractivity contribution in [3.63, 3.8) is 0 Å². The van der Waals surface area contributed by atoms with E-state index in [9.17, 15) is 24.3 Å². The molecule has 5 aromatic rings. The highest BCUT2D eigenvalue weighted by Gasteiger charge is 2.50. The zero-order chi connectivity index (χ0) is 43.1. The Balaban J connectivity index is 0.854. The van der Waals surface area contributed by atoms with Crippen molar-refractivity contribution in [1.82, 2.24) is 35.4 Å². The van der Waals surface area contributed by atoms with Gasteiger partial charge in [-0.3, -0.25) is 39.3 Å². The van der Waals surface area contributed by atoms with Crippen molar-refractivity contribution in [2.24, 2.45) is 0 Å². The zero-order valence-electron chi connectivity index (χ0n) is 34.2. The number of anilines is 1. The van der Waals surface area contributed by atoms with Gasteiger partial charge >= 0.3 is 6.01 Å². The Morgan fingerprint density at radius 3 is 2.57 bits per heavy atom. The van der Waals surface area contributed by atoms with Crippen molar-refractivity contribution in [2.45, 2.75) is 81.1 Å². The summed E-state index contributed by atoms with van der Waals surface area (Å²) in [6, 6.07) is 12.8. The normalized spacial score (nSPS) is 25.5. The Morgan fingerprint density at radius 1 is 0.937 bits per heavy atom. The lowest BCUT2D eigenvalue weighted by molar-refractivity contribution is -0.136. The molecule has 0 radical (unpaired) electrons. The molecule has 2 bridgehead atoms. The Labute approximate surface area is 361 Å². The van der Waals surface area contributed by atoms with Gasteiger partial charge in [0.15, 0.2) is 5.82 Å². The summed E-state index contributed by atoms with van der Waals surface area (Å²) in [5.41, 5.74) is 0.987. The third-order valence-electron chi connectivity index (χ3n) is 13.9. The third-order valence-corrected chi connectivity index (χ3v) is 13.9. The number of benzene rings is 3. The molecule has 320 valence electrons. The van der Waals surface area contributed by atoms with E-state index >= 15 is 4.39 Å². The van der Waals surface area contributed by atoms with Crippen molar-refractivity contribution >= 4 is 51.1 Å². The van der Waals surface area contributed by atoms with E-state index in [-0.39, 0.29) is 77.2 Å². The molecule has 11 rings (SSSR count). The van der Waals surface area contributed by atoms with Crippen molar-refractivity contribution in [3.8, 4) is 41.1 Å². The topological polar surface area (TPSA) is 179 Å². The molecular formula is C47H43FN8O7. The number of hydrogen-bond donors (Lipinski definition) is 3. The first-order chi connectivity index (χ1) is 30.6. The van der Waals surface area contributed by atoms with Crippen molar-refractivity contribution in [2.75, 3.05) is 37.7 Å². The molecule has 4 amide bonds. The number of amides is 4. The zero-order valence-corrected chi connectivity index (χ0v) is 34.2. The van der Waals surface area contributed by atoms with Crippen LogP contribution in [0, 0.1) is 18.2 Å². The quantitative estimate of drug-likeness (QED) is 0.140. The summed E-state index contributed by atoms with van der Waals surface area (Å²) in [7, 11) is 0. The van der Waals surface area contributed by atoms with E-state index in [0.717, 1.165) is 50.0 Å². The van der Waals surface area contributed by atoms with Gasteiger partial charge in [-0.1, -0.05) is 18.1 Å². The lowest BCUT2D eigenvalue weighted by Gasteiger charge is -2.35. The van der Waals surface area contributed by atoms with Gasteiger partial charge in [-0.05, 0) is 93.3 Å². The number of nitrogens with zero attached hydrogens (tertiary/aromatic N) is 6. The van der Waals surface area contributed by atoms with Gasteiger partial charge < -0.3 is 24.8 Å². The van der Waals surface area contributed by atoms with Gasteiger partial charge in [0.1, 0.15) is 47.8 Å². The van der Waals surface area contributed by atoms with Crippen molar-refractivity contribution in [1.29, 1.82) is 0 Å². The fourth-order valence-corrected chi connectivity index (χ4v) is 10.9. The van der Waals surface area contributed by atoms with Gasteiger partial charge in [-0.2, -0.15) is 9.97 Å². The van der Waals surface area contributed by atoms with Crippen LogP contribution in [0.25, 0.3) is 32.9 Å². The molecule has 0 aliphatic carbocycles. The molecule has 6 aliphatic heterocycles. The highest BCUT2D eigenvalue weighted by molar-refractivity contribution is 6.23. The Hall–Kier alpha value is -6.70. The van der Waals surface area contributed by atoms with E-state index in [1.165, 1.54) is 6.07 Å². The molecule has 0 saturated carbocycles. The summed E-state index contributed by atoms with van der Waals surface area (Å²) in [6.07, 6.45) is 13.2. The molecule has 5 saturated heterocycles. The summed E-state index contributed by atoms with van der Waals surface area (Å²) in [6.45, 7) is 2.81. The number of aromatic nitrogens is 3. The summed E-state index contributed by atoms with van der Waals surface area (Å²) >= 11 is 0. The fourth-order valence-electron chi connectivity index (χ4n) is 10.9. The van der Waals surface area contributed by atoms with Gasteiger partial charge in [0, 0.05) is 60.3 Å². The average molecular weight is 851 g/mol. The number of terminal acetylenes is 1. The Bertz CT molecular complexity index is 2840. The average Bonchev–Trinajstić information content (AvgIpc) is 4.02. The molecule has 3 N–H and O–H groups in total. The number of aromatic hydroxyl groups is 1. The number of phenolic OH excluding ortho intramolecular Hbond substituents is 1. The largest absolute Gasteiger partial charge is 0.508 e. The van der Waals surface area contributed by atoms with Crippen LogP contribution in [-0.2, 0) is 9.59 Å². The first-order valence-electron chi connectivity index (χ1n) is 21.6. The molecule has 5 atom stereocenters. The van der Waals surface area contributed by atoms with E-state index in [1.54, 1.807) is 42.6 Å². The monoisotopic (exact) mass is 850 g/mol. The predicted octanol–water partition coefficient (Wildman–Crippen LogP) is 4.47. The van der Waals surface area contributed by atoms with Crippen LogP contribution in [0.1, 0.15) is 77.6 Å². The van der Waals surface area contributed by atoms with Gasteiger partial charge in [0.2, 0.25) is 11.8 Å². The first kappa shape index (κ1) is 39.2. The standard InChI is InChI=1S/C47H43FN8O7/c1-2-25-5-3-6-26-17-30(57)18-34(38(25)26)40-39(48)41-35(20-49-40)42(54-21-27-7-8-28(22-54)50-27)53-46(52-41)63-24-47-14-4-16-55(47)29(13-15-47)23-62-31-9-10-32-33(19-31)45(61)56(44(32)60)36-11-12-37(58)51-43(36)59/h1,3,5-6,9-10,17-20,27-29,36,50,57H,4,7-8,11-16,21-24H2,(H,51,58,59)/t27-,28+,29?,36?,47-/m0/s1. The van der Waals surface area contributed by atoms with Gasteiger partial charge in [-0.15, -0.1) is 6.42 Å². The molecule has 16 heteroatoms. The maximum Gasteiger partial charge on any atom is 0.319 e. The molecule has 0 spiro atoms. The van der Waals surface area contributed by atoms with Crippen LogP contribution in [-0.4, -0.2) is 116 Å². The number of piperazine rings is 1. The fraction of sp³-hybridized carbons (Fsp3) is 0.383. The van der Waals surface area contributed by atoms with E-state index in [4.69, 9.17) is 25.9 Å². The van der Waals surface area contributed by atoms with Crippen LogP contribution in [0.4, 0.5) is 10.2 Å². The Kier molecular flexibility index (Phi) is 9.32. The number of fused-ring (bicyclic) bond motifs is 6. The van der Waals surface area contributed by atoms with Crippen LogP contribution in [0.2, 0.25) is 0 Å². The summed E-state index contributed by atoms with van der Waals surface area (Å²) < 4.78 is 30.0. The minimum Gasteiger partial charge on any atom is -0.508 e. The van der Waals surface area contributed by atoms with Crippen LogP contribution in [0.15, 0.2) is 54.7 Å². The molecule has 15 nitrogen and oxygen atoms in total. The second-order valence-corrected chi connectivity index (χ2v) is 17.6. The van der Waals surface area contributed by atoms with Crippen LogP contribution in [0.5, 0.6) is 17.5 Å². The minimum atomic E-state index is -1.05. The maximum absolute atomic E-state index is 17.2. The highest BCUT2D eigenvalue weighted by Crippen LogP contribution is 2.44. The molecule has 8 heterocycles. The van der Waals surface area contributed by atoms with Crippen LogP contribution < -0.4 is 25.0 Å². The molecule has 6 aliphatic rings. The van der Waals surface area contributed by atoms with Gasteiger partial charge in [0.05, 0.1) is 22.1 Å². The highest BCUT2D eigenvalue weighted by atomic mass is 19.1. The van der Waals surface area contributed by atoms with Crippen LogP contribution >= 0.6 is 0 Å². The number of hydrogen-bond acceptors (Lipinski definition) is 13. The number of phenols is 1. The molecule has 2 aromatic heterocycles. The molecule has 63 heavy (non-hydrogen) atoms. The number of nitrogens with one attached hydrogen (secondary N) is 2. The number of pyridine rings is 1. The molecule has 3 aromatic carbocycles. The number of rotatable bonds is 9.